The van der Waals surface area contributed by atoms with Crippen LogP contribution in [-0.2, 0) is 33.9 Å². The number of terminal acetylenes is 1. The molecule has 0 saturated heterocycles. The number of rotatable bonds is 15. The lowest BCUT2D eigenvalue weighted by Crippen LogP contribution is -2.45. The molecule has 3 aliphatic rings. The second-order valence-electron chi connectivity index (χ2n) is 18.0. The fourth-order valence-corrected chi connectivity index (χ4v) is 9.66. The van der Waals surface area contributed by atoms with Gasteiger partial charge in [0.1, 0.15) is 23.2 Å². The fourth-order valence-electron chi connectivity index (χ4n) is 9.66. The number of carbonyl (C=O) groups excluding carboxylic acids is 5. The van der Waals surface area contributed by atoms with E-state index in [0.29, 0.717) is 41.3 Å². The molecule has 0 radical (unpaired) electrons. The summed E-state index contributed by atoms with van der Waals surface area (Å²) >= 11 is 0. The van der Waals surface area contributed by atoms with Crippen LogP contribution in [0.3, 0.4) is 0 Å². The Bertz CT molecular complexity index is 2610. The number of hydrogen-bond acceptors (Lipinski definition) is 8. The lowest BCUT2D eigenvalue weighted by atomic mass is 9.87. The van der Waals surface area contributed by atoms with Crippen LogP contribution >= 0.6 is 0 Å². The van der Waals surface area contributed by atoms with Gasteiger partial charge < -0.3 is 9.78 Å². The quantitative estimate of drug-likeness (QED) is 0.0546. The Kier molecular flexibility index (Phi) is 16.3. The molecule has 7 rings (SSSR count). The number of nitrogens with zero attached hydrogens (tertiary/aromatic N) is 3. The standard InChI is InChI=1S/C28H25F4N3O.C25H33NO4/c1-5-23(17(4)36)33-13-15(2)18-11-21(29)26(22(30)12-18)28-27-20(10-16(3)35(28)14-25(31)32)19-8-6-7-9-24(19)34-27;1-16(27)9-10-19(17(2)28)13-25(30)24-12-21-15-26(22-7-5-4-6-8-22)14-20(21)11-23(24)18(3)29/h1,6-9,11-13,16,25,28,34H,10,14H2,2-4H3;11-12,19,22H,4-10,13-15H2,1-3H3/b15-13+,33-23?;/t16-,28?;/m1./s1. The summed E-state index contributed by atoms with van der Waals surface area (Å²) in [6.07, 6.45) is 11.3. The van der Waals surface area contributed by atoms with Crippen molar-refractivity contribution in [2.24, 2.45) is 10.9 Å². The Hall–Kier alpha value is -5.84. The SMILES string of the molecule is C#CC(=N/C=C(\C)c1cc(F)c(C2c3[nH]c4ccccc4c3C[C@@H](C)N2CC(F)F)c(F)c1)C(C)=O.CC(=O)CCC(CC(=O)c1cc2c(cc1C(C)=O)CN(C1CCCCC1)C2)C(C)=O. The second kappa shape index (κ2) is 21.6. The number of benzene rings is 3. The van der Waals surface area contributed by atoms with Crippen molar-refractivity contribution in [1.29, 1.82) is 0 Å². The molecule has 1 fully saturated rings. The lowest BCUT2D eigenvalue weighted by Gasteiger charge is -2.41. The Morgan fingerprint density at radius 3 is 2.12 bits per heavy atom. The molecule has 3 heterocycles. The molecule has 4 aromatic rings. The van der Waals surface area contributed by atoms with Crippen LogP contribution in [0.1, 0.15) is 153 Å². The molecule has 1 aliphatic carbocycles. The molecule has 3 aromatic carbocycles. The first-order valence-corrected chi connectivity index (χ1v) is 22.7. The monoisotopic (exact) mass is 906 g/mol. The van der Waals surface area contributed by atoms with Gasteiger partial charge in [-0.1, -0.05) is 37.5 Å². The van der Waals surface area contributed by atoms with E-state index in [0.717, 1.165) is 52.8 Å². The Morgan fingerprint density at radius 2 is 1.55 bits per heavy atom. The third-order valence-corrected chi connectivity index (χ3v) is 13.2. The topological polar surface area (TPSA) is 120 Å². The molecule has 0 amide bonds. The molecule has 1 N–H and O–H groups in total. The molecule has 3 atom stereocenters. The number of carbonyl (C=O) groups is 5. The molecular weight excluding hydrogens is 849 g/mol. The highest BCUT2D eigenvalue weighted by Gasteiger charge is 2.40. The number of aromatic amines is 1. The normalized spacial score (nSPS) is 18.6. The highest BCUT2D eigenvalue weighted by Crippen LogP contribution is 2.43. The van der Waals surface area contributed by atoms with Gasteiger partial charge in [0.05, 0.1) is 12.6 Å². The number of ketones is 5. The predicted octanol–water partition coefficient (Wildman–Crippen LogP) is 10.8. The minimum absolute atomic E-state index is 0.0125. The highest BCUT2D eigenvalue weighted by atomic mass is 19.3. The minimum Gasteiger partial charge on any atom is -0.357 e. The number of nitrogens with one attached hydrogen (secondary N) is 1. The van der Waals surface area contributed by atoms with Crippen LogP contribution in [0.5, 0.6) is 0 Å². The molecule has 9 nitrogen and oxygen atoms in total. The third-order valence-electron chi connectivity index (χ3n) is 13.2. The van der Waals surface area contributed by atoms with E-state index in [1.165, 1.54) is 70.9 Å². The van der Waals surface area contributed by atoms with Crippen LogP contribution in [0.4, 0.5) is 17.6 Å². The van der Waals surface area contributed by atoms with E-state index in [9.17, 15) is 32.8 Å². The summed E-state index contributed by atoms with van der Waals surface area (Å²) in [6, 6.07) is 12.7. The molecule has 0 spiro atoms. The van der Waals surface area contributed by atoms with Gasteiger partial charge in [0, 0.05) is 90.3 Å². The van der Waals surface area contributed by atoms with E-state index >= 15 is 8.78 Å². The molecular formula is C53H58F4N4O5. The predicted molar refractivity (Wildman–Crippen MR) is 249 cm³/mol. The average molecular weight is 907 g/mol. The molecule has 2 aliphatic heterocycles. The lowest BCUT2D eigenvalue weighted by molar-refractivity contribution is -0.121. The number of Topliss-reactive ketones (excluding diaryl/α,β-unsaturated/α-hetero) is 5. The van der Waals surface area contributed by atoms with Crippen molar-refractivity contribution in [1.82, 2.24) is 14.8 Å². The number of H-pyrrole nitrogens is 1. The van der Waals surface area contributed by atoms with Gasteiger partial charge >= 0.3 is 0 Å². The van der Waals surface area contributed by atoms with Gasteiger partial charge in [-0.2, -0.15) is 0 Å². The van der Waals surface area contributed by atoms with Crippen molar-refractivity contribution in [3.8, 4) is 12.3 Å². The summed E-state index contributed by atoms with van der Waals surface area (Å²) in [6.45, 7) is 10.1. The Balaban J connectivity index is 0.000000222. The van der Waals surface area contributed by atoms with Gasteiger partial charge in [-0.3, -0.25) is 29.0 Å². The largest absolute Gasteiger partial charge is 0.357 e. The van der Waals surface area contributed by atoms with Crippen molar-refractivity contribution in [2.45, 2.75) is 137 Å². The summed E-state index contributed by atoms with van der Waals surface area (Å²) in [5.41, 5.74) is 5.46. The minimum atomic E-state index is -2.68. The second-order valence-corrected chi connectivity index (χ2v) is 18.0. The number of aromatic nitrogens is 1. The van der Waals surface area contributed by atoms with E-state index in [-0.39, 0.29) is 58.9 Å². The first-order chi connectivity index (χ1) is 31.4. The maximum absolute atomic E-state index is 15.6. The van der Waals surface area contributed by atoms with Crippen molar-refractivity contribution < 1.29 is 41.5 Å². The third kappa shape index (κ3) is 11.4. The summed E-state index contributed by atoms with van der Waals surface area (Å²) in [4.78, 5) is 71.3. The number of halogens is 4. The molecule has 0 bridgehead atoms. The van der Waals surface area contributed by atoms with E-state index in [1.807, 2.05) is 36.4 Å². The van der Waals surface area contributed by atoms with Crippen molar-refractivity contribution in [2.75, 3.05) is 6.54 Å². The zero-order valence-electron chi connectivity index (χ0n) is 38.5. The van der Waals surface area contributed by atoms with E-state index in [2.05, 4.69) is 20.8 Å². The number of para-hydroxylation sites is 1. The number of aliphatic imine (C=N–C) groups is 1. The van der Waals surface area contributed by atoms with Crippen LogP contribution in [0.2, 0.25) is 0 Å². The zero-order valence-corrected chi connectivity index (χ0v) is 38.5. The van der Waals surface area contributed by atoms with Gasteiger partial charge in [-0.05, 0) is 124 Å². The smallest absolute Gasteiger partial charge is 0.251 e. The molecule has 1 saturated carbocycles. The van der Waals surface area contributed by atoms with E-state index < -0.39 is 42.3 Å². The number of alkyl halides is 2. The maximum atomic E-state index is 15.6. The number of allylic oxidation sites excluding steroid dienone is 1. The van der Waals surface area contributed by atoms with Gasteiger partial charge in [-0.15, -0.1) is 6.42 Å². The first kappa shape index (κ1) is 49.6. The van der Waals surface area contributed by atoms with Gasteiger partial charge in [-0.25, -0.2) is 22.6 Å². The maximum Gasteiger partial charge on any atom is 0.251 e. The summed E-state index contributed by atoms with van der Waals surface area (Å²) < 4.78 is 58.4. The van der Waals surface area contributed by atoms with Crippen LogP contribution in [0.15, 0.2) is 59.7 Å². The van der Waals surface area contributed by atoms with Crippen molar-refractivity contribution >= 4 is 51.1 Å². The average Bonchev–Trinajstić information content (AvgIpc) is 3.86. The molecule has 13 heteroatoms. The Morgan fingerprint density at radius 1 is 0.909 bits per heavy atom. The van der Waals surface area contributed by atoms with Gasteiger partial charge in [0.25, 0.3) is 6.43 Å². The van der Waals surface area contributed by atoms with Crippen molar-refractivity contribution in [3.63, 3.8) is 0 Å². The fraction of sp³-hybridized carbons (Fsp3) is 0.434. The zero-order chi connectivity index (χ0) is 48.0. The number of fused-ring (bicyclic) bond motifs is 4. The van der Waals surface area contributed by atoms with Crippen LogP contribution < -0.4 is 0 Å². The summed E-state index contributed by atoms with van der Waals surface area (Å²) in [7, 11) is 0. The van der Waals surface area contributed by atoms with Gasteiger partial charge in [0.2, 0.25) is 0 Å². The van der Waals surface area contributed by atoms with Crippen LogP contribution in [0, 0.1) is 29.9 Å². The first-order valence-electron chi connectivity index (χ1n) is 22.7. The van der Waals surface area contributed by atoms with E-state index in [1.54, 1.807) is 13.8 Å². The highest BCUT2D eigenvalue weighted by molar-refractivity contribution is 6.45. The molecule has 1 aromatic heterocycles. The molecule has 2 unspecified atom stereocenters. The van der Waals surface area contributed by atoms with Crippen LogP contribution in [0.25, 0.3) is 16.5 Å². The van der Waals surface area contributed by atoms with Gasteiger partial charge in [0.15, 0.2) is 23.1 Å². The molecule has 66 heavy (non-hydrogen) atoms. The summed E-state index contributed by atoms with van der Waals surface area (Å²) in [5, 5.41) is 0.907. The van der Waals surface area contributed by atoms with E-state index in [4.69, 9.17) is 6.42 Å². The van der Waals surface area contributed by atoms with Crippen LogP contribution in [-0.4, -0.2) is 74.5 Å². The molecule has 348 valence electrons. The van der Waals surface area contributed by atoms with Crippen molar-refractivity contribution in [3.05, 3.63) is 111 Å². The Labute approximate surface area is 384 Å². The number of hydrogen-bond donors (Lipinski definition) is 1. The summed E-state index contributed by atoms with van der Waals surface area (Å²) in [5.74, 6) is -0.830.